The van der Waals surface area contributed by atoms with Crippen molar-refractivity contribution < 1.29 is 9.53 Å². The molecule has 1 heterocycles. The summed E-state index contributed by atoms with van der Waals surface area (Å²) < 4.78 is 6.32. The second-order valence-corrected chi connectivity index (χ2v) is 7.74. The maximum atomic E-state index is 12.3. The highest BCUT2D eigenvalue weighted by Gasteiger charge is 2.34. The predicted molar refractivity (Wildman–Crippen MR) is 89.8 cm³/mol. The van der Waals surface area contributed by atoms with E-state index in [0.717, 1.165) is 31.6 Å². The van der Waals surface area contributed by atoms with Crippen molar-refractivity contribution in [1.82, 2.24) is 0 Å². The molecule has 0 spiro atoms. The van der Waals surface area contributed by atoms with Gasteiger partial charge < -0.3 is 4.74 Å². The fourth-order valence-corrected chi connectivity index (χ4v) is 4.70. The number of Topliss-reactive ketones (excluding diaryl/α,β-unsaturated/α-hetero) is 1. The number of fused-ring (bicyclic) bond motifs is 1. The minimum Gasteiger partial charge on any atom is -0.370 e. The molecule has 3 rings (SSSR count). The van der Waals surface area contributed by atoms with Crippen LogP contribution in [-0.2, 0) is 9.53 Å². The summed E-state index contributed by atoms with van der Waals surface area (Å²) in [6.07, 6.45) is 16.0. The van der Waals surface area contributed by atoms with Crippen molar-refractivity contribution in [2.45, 2.75) is 95.7 Å². The van der Waals surface area contributed by atoms with E-state index in [9.17, 15) is 4.79 Å². The SMILES string of the molecule is C=C(CCC(=O)C1CCCCC1)C1CC[C@@H]2CCCC[C@@H]2O1. The number of rotatable bonds is 5. The van der Waals surface area contributed by atoms with Crippen molar-refractivity contribution in [1.29, 1.82) is 0 Å². The maximum absolute atomic E-state index is 12.3. The molecule has 1 unspecified atom stereocenters. The summed E-state index contributed by atoms with van der Waals surface area (Å²) in [5, 5.41) is 0. The number of ether oxygens (including phenoxy) is 1. The first-order valence-corrected chi connectivity index (χ1v) is 9.60. The van der Waals surface area contributed by atoms with Gasteiger partial charge in [-0.1, -0.05) is 38.7 Å². The molecule has 0 N–H and O–H groups in total. The van der Waals surface area contributed by atoms with Gasteiger partial charge in [-0.3, -0.25) is 4.79 Å². The van der Waals surface area contributed by atoms with E-state index in [-0.39, 0.29) is 6.10 Å². The van der Waals surface area contributed by atoms with Gasteiger partial charge in [-0.05, 0) is 56.4 Å². The van der Waals surface area contributed by atoms with Crippen LogP contribution in [0.3, 0.4) is 0 Å². The van der Waals surface area contributed by atoms with E-state index in [1.165, 1.54) is 56.9 Å². The van der Waals surface area contributed by atoms with Crippen molar-refractivity contribution in [2.75, 3.05) is 0 Å². The smallest absolute Gasteiger partial charge is 0.136 e. The highest BCUT2D eigenvalue weighted by Crippen LogP contribution is 2.38. The zero-order valence-corrected chi connectivity index (χ0v) is 14.0. The van der Waals surface area contributed by atoms with Gasteiger partial charge in [0, 0.05) is 12.3 Å². The normalized spacial score (nSPS) is 33.2. The quantitative estimate of drug-likeness (QED) is 0.652. The molecule has 3 aliphatic rings. The van der Waals surface area contributed by atoms with E-state index in [1.54, 1.807) is 0 Å². The summed E-state index contributed by atoms with van der Waals surface area (Å²) in [6.45, 7) is 4.26. The summed E-state index contributed by atoms with van der Waals surface area (Å²) in [4.78, 5) is 12.3. The molecular formula is C20H32O2. The first-order valence-electron chi connectivity index (χ1n) is 9.60. The number of carbonyl (C=O) groups is 1. The fourth-order valence-electron chi connectivity index (χ4n) is 4.70. The van der Waals surface area contributed by atoms with Crippen molar-refractivity contribution in [3.63, 3.8) is 0 Å². The molecule has 2 aliphatic carbocycles. The van der Waals surface area contributed by atoms with Crippen LogP contribution in [0.5, 0.6) is 0 Å². The standard InChI is InChI=1S/C20H32O2/c1-15(11-13-18(21)16-7-3-2-4-8-16)19-14-12-17-9-5-6-10-20(17)22-19/h16-17,19-20H,1-14H2/t17-,19?,20-/m0/s1. The van der Waals surface area contributed by atoms with Crippen LogP contribution in [0.1, 0.15) is 83.5 Å². The van der Waals surface area contributed by atoms with Crippen LogP contribution < -0.4 is 0 Å². The second kappa shape index (κ2) is 7.77. The summed E-state index contributed by atoms with van der Waals surface area (Å²) in [5.74, 6) is 1.62. The predicted octanol–water partition coefficient (Wildman–Crippen LogP) is 5.21. The number of hydrogen-bond acceptors (Lipinski definition) is 2. The first kappa shape index (κ1) is 16.2. The molecule has 3 fully saturated rings. The first-order chi connectivity index (χ1) is 10.7. The molecule has 0 aromatic heterocycles. The second-order valence-electron chi connectivity index (χ2n) is 7.74. The van der Waals surface area contributed by atoms with E-state index in [0.29, 0.717) is 24.2 Å². The van der Waals surface area contributed by atoms with Crippen molar-refractivity contribution in [3.8, 4) is 0 Å². The summed E-state index contributed by atoms with van der Waals surface area (Å²) in [6, 6.07) is 0. The molecule has 124 valence electrons. The van der Waals surface area contributed by atoms with Crippen molar-refractivity contribution in [2.24, 2.45) is 11.8 Å². The molecule has 0 amide bonds. The van der Waals surface area contributed by atoms with E-state index in [1.807, 2.05) is 0 Å². The van der Waals surface area contributed by atoms with Crippen LogP contribution >= 0.6 is 0 Å². The third kappa shape index (κ3) is 4.01. The summed E-state index contributed by atoms with van der Waals surface area (Å²) in [7, 11) is 0. The Labute approximate surface area is 135 Å². The van der Waals surface area contributed by atoms with Crippen LogP contribution in [0, 0.1) is 11.8 Å². The third-order valence-corrected chi connectivity index (χ3v) is 6.19. The van der Waals surface area contributed by atoms with Gasteiger partial charge in [0.2, 0.25) is 0 Å². The average molecular weight is 304 g/mol. The Hall–Kier alpha value is -0.630. The van der Waals surface area contributed by atoms with E-state index in [4.69, 9.17) is 4.74 Å². The zero-order chi connectivity index (χ0) is 15.4. The van der Waals surface area contributed by atoms with Gasteiger partial charge in [0.05, 0.1) is 12.2 Å². The number of ketones is 1. The number of hydrogen-bond donors (Lipinski definition) is 0. The highest BCUT2D eigenvalue weighted by molar-refractivity contribution is 5.81. The maximum Gasteiger partial charge on any atom is 0.136 e. The van der Waals surface area contributed by atoms with Gasteiger partial charge in [-0.25, -0.2) is 0 Å². The Balaban J connectivity index is 1.42. The van der Waals surface area contributed by atoms with Crippen molar-refractivity contribution >= 4 is 5.78 Å². The topological polar surface area (TPSA) is 26.3 Å². The molecule has 0 aromatic rings. The molecule has 0 bridgehead atoms. The minimum absolute atomic E-state index is 0.221. The van der Waals surface area contributed by atoms with Crippen LogP contribution in [0.25, 0.3) is 0 Å². The van der Waals surface area contributed by atoms with Crippen molar-refractivity contribution in [3.05, 3.63) is 12.2 Å². The molecule has 2 saturated carbocycles. The highest BCUT2D eigenvalue weighted by atomic mass is 16.5. The average Bonchev–Trinajstić information content (AvgIpc) is 2.59. The van der Waals surface area contributed by atoms with E-state index < -0.39 is 0 Å². The lowest BCUT2D eigenvalue weighted by molar-refractivity contribution is -0.123. The lowest BCUT2D eigenvalue weighted by Gasteiger charge is -2.40. The van der Waals surface area contributed by atoms with Gasteiger partial charge in [0.25, 0.3) is 0 Å². The van der Waals surface area contributed by atoms with Crippen LogP contribution in [0.2, 0.25) is 0 Å². The Kier molecular flexibility index (Phi) is 5.73. The lowest BCUT2D eigenvalue weighted by Crippen LogP contribution is -2.37. The molecule has 1 saturated heterocycles. The molecule has 2 heteroatoms. The Morgan fingerprint density at radius 3 is 2.41 bits per heavy atom. The van der Waals surface area contributed by atoms with Gasteiger partial charge >= 0.3 is 0 Å². The molecular weight excluding hydrogens is 272 g/mol. The van der Waals surface area contributed by atoms with E-state index >= 15 is 0 Å². The largest absolute Gasteiger partial charge is 0.370 e. The molecule has 1 aliphatic heterocycles. The lowest BCUT2D eigenvalue weighted by atomic mass is 9.79. The zero-order valence-electron chi connectivity index (χ0n) is 14.0. The monoisotopic (exact) mass is 304 g/mol. The molecule has 2 nitrogen and oxygen atoms in total. The van der Waals surface area contributed by atoms with Gasteiger partial charge in [0.1, 0.15) is 5.78 Å². The summed E-state index contributed by atoms with van der Waals surface area (Å²) >= 11 is 0. The van der Waals surface area contributed by atoms with Crippen LogP contribution in [0.15, 0.2) is 12.2 Å². The Bertz CT molecular complexity index is 395. The van der Waals surface area contributed by atoms with Gasteiger partial charge in [0.15, 0.2) is 0 Å². The molecule has 0 radical (unpaired) electrons. The molecule has 22 heavy (non-hydrogen) atoms. The molecule has 3 atom stereocenters. The number of carbonyl (C=O) groups excluding carboxylic acids is 1. The van der Waals surface area contributed by atoms with Crippen LogP contribution in [0.4, 0.5) is 0 Å². The molecule has 0 aromatic carbocycles. The Morgan fingerprint density at radius 2 is 1.59 bits per heavy atom. The Morgan fingerprint density at radius 1 is 0.864 bits per heavy atom. The van der Waals surface area contributed by atoms with Gasteiger partial charge in [-0.2, -0.15) is 0 Å². The van der Waals surface area contributed by atoms with E-state index in [2.05, 4.69) is 6.58 Å². The van der Waals surface area contributed by atoms with Crippen LogP contribution in [-0.4, -0.2) is 18.0 Å². The van der Waals surface area contributed by atoms with Gasteiger partial charge in [-0.15, -0.1) is 0 Å². The minimum atomic E-state index is 0.221. The fraction of sp³-hybridized carbons (Fsp3) is 0.850. The third-order valence-electron chi connectivity index (χ3n) is 6.19. The summed E-state index contributed by atoms with van der Waals surface area (Å²) in [5.41, 5.74) is 1.17.